The first-order chi connectivity index (χ1) is 15.1. The predicted molar refractivity (Wildman–Crippen MR) is 111 cm³/mol. The molecule has 0 spiro atoms. The third kappa shape index (κ3) is 6.41. The number of esters is 1. The van der Waals surface area contributed by atoms with Crippen molar-refractivity contribution in [1.29, 1.82) is 0 Å². The molecule has 3 aromatic rings. The van der Waals surface area contributed by atoms with Crippen LogP contribution in [0.2, 0.25) is 5.02 Å². The average molecular weight is 486 g/mol. The number of anilines is 1. The van der Waals surface area contributed by atoms with E-state index in [4.69, 9.17) is 21.1 Å². The first-order valence-corrected chi connectivity index (χ1v) is 10.2. The third-order valence-electron chi connectivity index (χ3n) is 3.90. The van der Waals surface area contributed by atoms with E-state index in [0.717, 1.165) is 10.7 Å². The van der Waals surface area contributed by atoms with Gasteiger partial charge in [-0.05, 0) is 37.3 Å². The second-order valence-corrected chi connectivity index (χ2v) is 7.82. The number of halogens is 4. The Hall–Kier alpha value is -3.18. The lowest BCUT2D eigenvalue weighted by atomic mass is 10.2. The first-order valence-electron chi connectivity index (χ1n) is 8.95. The van der Waals surface area contributed by atoms with E-state index in [-0.39, 0.29) is 18.0 Å². The van der Waals surface area contributed by atoms with Gasteiger partial charge >= 0.3 is 12.1 Å². The minimum absolute atomic E-state index is 0.181. The molecule has 0 fully saturated rings. The Balaban J connectivity index is 1.49. The summed E-state index contributed by atoms with van der Waals surface area (Å²) in [5, 5.41) is 4.61. The summed E-state index contributed by atoms with van der Waals surface area (Å²) in [6.07, 6.45) is -4.08. The van der Waals surface area contributed by atoms with Crippen molar-refractivity contribution in [1.82, 2.24) is 9.97 Å². The summed E-state index contributed by atoms with van der Waals surface area (Å²) in [4.78, 5) is 31.8. The molecule has 32 heavy (non-hydrogen) atoms. The quantitative estimate of drug-likeness (QED) is 0.479. The summed E-state index contributed by atoms with van der Waals surface area (Å²) in [6.45, 7) is 1.50. The fourth-order valence-corrected chi connectivity index (χ4v) is 3.20. The molecular weight excluding hydrogens is 471 g/mol. The molecule has 0 aliphatic heterocycles. The van der Waals surface area contributed by atoms with E-state index < -0.39 is 35.2 Å². The van der Waals surface area contributed by atoms with E-state index in [0.29, 0.717) is 18.0 Å². The molecule has 2 aromatic heterocycles. The first kappa shape index (κ1) is 23.5. The second kappa shape index (κ2) is 9.96. The van der Waals surface area contributed by atoms with Crippen LogP contribution in [-0.2, 0) is 22.3 Å². The van der Waals surface area contributed by atoms with Crippen molar-refractivity contribution in [3.63, 3.8) is 0 Å². The number of carbonyl (C=O) groups excluding carboxylic acids is 2. The van der Waals surface area contributed by atoms with Gasteiger partial charge in [0.05, 0.1) is 26.9 Å². The van der Waals surface area contributed by atoms with Crippen molar-refractivity contribution >= 4 is 40.6 Å². The van der Waals surface area contributed by atoms with Crippen LogP contribution in [0.4, 0.5) is 19.0 Å². The maximum atomic E-state index is 12.6. The molecule has 1 N–H and O–H groups in total. The van der Waals surface area contributed by atoms with Crippen LogP contribution in [-0.4, -0.2) is 28.5 Å². The molecular formula is C20H15ClF3N3O4S. The van der Waals surface area contributed by atoms with Crippen LogP contribution in [0, 0.1) is 6.92 Å². The summed E-state index contributed by atoms with van der Waals surface area (Å²) in [5.74, 6) is -1.34. The van der Waals surface area contributed by atoms with Gasteiger partial charge < -0.3 is 14.8 Å². The maximum absolute atomic E-state index is 12.6. The molecule has 0 radical (unpaired) electrons. The standard InChI is InChI=1S/C20H15ClF3N3O4S/c1-11-26-14(10-32-11)8-30-15-4-2-12(3-5-15)19(29)31-9-17(28)27-18-16(21)6-13(7-25-18)20(22,23)24/h2-7,10H,8-9H2,1H3,(H,25,27,28). The van der Waals surface area contributed by atoms with Crippen LogP contribution >= 0.6 is 22.9 Å². The molecule has 0 aliphatic carbocycles. The van der Waals surface area contributed by atoms with Crippen molar-refractivity contribution in [3.8, 4) is 5.75 Å². The summed E-state index contributed by atoms with van der Waals surface area (Å²) < 4.78 is 48.4. The van der Waals surface area contributed by atoms with Gasteiger partial charge in [0, 0.05) is 11.6 Å². The minimum Gasteiger partial charge on any atom is -0.487 e. The van der Waals surface area contributed by atoms with Crippen LogP contribution in [0.15, 0.2) is 41.9 Å². The Labute approximate surface area is 189 Å². The zero-order valence-electron chi connectivity index (χ0n) is 16.4. The summed E-state index contributed by atoms with van der Waals surface area (Å²) in [6, 6.07) is 6.71. The monoisotopic (exact) mass is 485 g/mol. The number of rotatable bonds is 7. The highest BCUT2D eigenvalue weighted by Gasteiger charge is 2.31. The van der Waals surface area contributed by atoms with E-state index in [2.05, 4.69) is 15.3 Å². The van der Waals surface area contributed by atoms with Gasteiger partial charge in [0.1, 0.15) is 12.4 Å². The van der Waals surface area contributed by atoms with Crippen molar-refractivity contribution < 1.29 is 32.2 Å². The number of pyridine rings is 1. The molecule has 1 aromatic carbocycles. The van der Waals surface area contributed by atoms with Gasteiger partial charge in [-0.3, -0.25) is 4.79 Å². The number of ether oxygens (including phenoxy) is 2. The summed E-state index contributed by atoms with van der Waals surface area (Å²) >= 11 is 7.23. The second-order valence-electron chi connectivity index (χ2n) is 6.35. The lowest BCUT2D eigenvalue weighted by molar-refractivity contribution is -0.137. The molecule has 168 valence electrons. The fraction of sp³-hybridized carbons (Fsp3) is 0.200. The number of hydrogen-bond donors (Lipinski definition) is 1. The highest BCUT2D eigenvalue weighted by Crippen LogP contribution is 2.32. The highest BCUT2D eigenvalue weighted by atomic mass is 35.5. The molecule has 0 aliphatic rings. The fourth-order valence-electron chi connectivity index (χ4n) is 2.39. The number of amides is 1. The lowest BCUT2D eigenvalue weighted by Gasteiger charge is -2.10. The van der Waals surface area contributed by atoms with Gasteiger partial charge in [0.25, 0.3) is 5.91 Å². The number of aromatic nitrogens is 2. The molecule has 0 bridgehead atoms. The van der Waals surface area contributed by atoms with Crippen molar-refractivity contribution in [2.45, 2.75) is 19.7 Å². The number of alkyl halides is 3. The number of aryl methyl sites for hydroxylation is 1. The lowest BCUT2D eigenvalue weighted by Crippen LogP contribution is -2.22. The molecule has 3 rings (SSSR count). The van der Waals surface area contributed by atoms with Crippen molar-refractivity contribution in [2.75, 3.05) is 11.9 Å². The van der Waals surface area contributed by atoms with Crippen LogP contribution in [0.25, 0.3) is 0 Å². The maximum Gasteiger partial charge on any atom is 0.417 e. The molecule has 2 heterocycles. The number of hydrogen-bond acceptors (Lipinski definition) is 7. The number of benzene rings is 1. The Bertz CT molecular complexity index is 1120. The molecule has 0 saturated heterocycles. The van der Waals surface area contributed by atoms with Crippen molar-refractivity contribution in [2.24, 2.45) is 0 Å². The van der Waals surface area contributed by atoms with Gasteiger partial charge in [-0.15, -0.1) is 11.3 Å². The molecule has 12 heteroatoms. The van der Waals surface area contributed by atoms with Crippen LogP contribution < -0.4 is 10.1 Å². The predicted octanol–water partition coefficient (Wildman–Crippen LogP) is 4.89. The Morgan fingerprint density at radius 1 is 1.22 bits per heavy atom. The van der Waals surface area contributed by atoms with E-state index in [1.165, 1.54) is 23.5 Å². The topological polar surface area (TPSA) is 90.4 Å². The van der Waals surface area contributed by atoms with Crippen LogP contribution in [0.1, 0.15) is 26.6 Å². The molecule has 0 atom stereocenters. The summed E-state index contributed by atoms with van der Waals surface area (Å²) in [7, 11) is 0. The molecule has 0 unspecified atom stereocenters. The SMILES string of the molecule is Cc1nc(COc2ccc(C(=O)OCC(=O)Nc3ncc(C(F)(F)F)cc3Cl)cc2)cs1. The summed E-state index contributed by atoms with van der Waals surface area (Å²) in [5.41, 5.74) is -0.0778. The molecule has 1 amide bonds. The van der Waals surface area contributed by atoms with Crippen molar-refractivity contribution in [3.05, 3.63) is 68.8 Å². The van der Waals surface area contributed by atoms with Gasteiger partial charge in [0.2, 0.25) is 0 Å². The van der Waals surface area contributed by atoms with E-state index in [9.17, 15) is 22.8 Å². The van der Waals surface area contributed by atoms with Gasteiger partial charge in [-0.1, -0.05) is 11.6 Å². The van der Waals surface area contributed by atoms with E-state index >= 15 is 0 Å². The average Bonchev–Trinajstić information content (AvgIpc) is 3.16. The number of carbonyl (C=O) groups is 2. The minimum atomic E-state index is -4.62. The normalized spacial score (nSPS) is 11.2. The number of nitrogens with one attached hydrogen (secondary N) is 1. The smallest absolute Gasteiger partial charge is 0.417 e. The van der Waals surface area contributed by atoms with Gasteiger partial charge in [-0.25, -0.2) is 14.8 Å². The zero-order valence-corrected chi connectivity index (χ0v) is 18.0. The molecule has 7 nitrogen and oxygen atoms in total. The number of nitrogens with zero attached hydrogens (tertiary/aromatic N) is 2. The molecule has 0 saturated carbocycles. The van der Waals surface area contributed by atoms with Gasteiger partial charge in [0.15, 0.2) is 12.4 Å². The largest absolute Gasteiger partial charge is 0.487 e. The van der Waals surface area contributed by atoms with Crippen LogP contribution in [0.5, 0.6) is 5.75 Å². The zero-order chi connectivity index (χ0) is 23.3. The van der Waals surface area contributed by atoms with Crippen LogP contribution in [0.3, 0.4) is 0 Å². The Kier molecular flexibility index (Phi) is 7.31. The van der Waals surface area contributed by atoms with Gasteiger partial charge in [-0.2, -0.15) is 13.2 Å². The van der Waals surface area contributed by atoms with E-state index in [1.54, 1.807) is 12.1 Å². The number of thiazole rings is 1. The van der Waals surface area contributed by atoms with E-state index in [1.807, 2.05) is 12.3 Å². The Morgan fingerprint density at radius 2 is 1.94 bits per heavy atom. The highest BCUT2D eigenvalue weighted by molar-refractivity contribution is 7.09. The third-order valence-corrected chi connectivity index (χ3v) is 5.01. The Morgan fingerprint density at radius 3 is 2.53 bits per heavy atom.